The van der Waals surface area contributed by atoms with Gasteiger partial charge in [0.05, 0.1) is 13.0 Å². The predicted octanol–water partition coefficient (Wildman–Crippen LogP) is 1.20. The molecule has 1 amide bonds. The summed E-state index contributed by atoms with van der Waals surface area (Å²) in [5, 5.41) is 15.1. The number of carbonyl (C=O) groups excluding carboxylic acids is 2. The van der Waals surface area contributed by atoms with Crippen LogP contribution in [0.2, 0.25) is 0 Å². The van der Waals surface area contributed by atoms with Crippen LogP contribution in [0.1, 0.15) is 25.3 Å². The summed E-state index contributed by atoms with van der Waals surface area (Å²) in [6.07, 6.45) is 0.111. The fourth-order valence-corrected chi connectivity index (χ4v) is 2.25. The summed E-state index contributed by atoms with van der Waals surface area (Å²) in [6.45, 7) is 1.93. The minimum atomic E-state index is -1.16. The summed E-state index contributed by atoms with van der Waals surface area (Å²) in [6, 6.07) is 0.726. The Kier molecular flexibility index (Phi) is 6.72. The molecule has 0 aliphatic carbocycles. The van der Waals surface area contributed by atoms with E-state index in [1.165, 1.54) is 11.3 Å². The Bertz CT molecular complexity index is 457. The van der Waals surface area contributed by atoms with Gasteiger partial charge in [0, 0.05) is 6.42 Å². The van der Waals surface area contributed by atoms with Crippen LogP contribution in [0.25, 0.3) is 0 Å². The molecule has 1 atom stereocenters. The van der Waals surface area contributed by atoms with Gasteiger partial charge in [-0.3, -0.25) is 9.59 Å². The molecule has 0 radical (unpaired) electrons. The van der Waals surface area contributed by atoms with Crippen LogP contribution in [0, 0.1) is 0 Å². The number of hydrogen-bond acceptors (Lipinski definition) is 5. The third-order valence-electron chi connectivity index (χ3n) is 2.52. The molecule has 0 fully saturated rings. The molecular weight excluding hydrogens is 282 g/mol. The van der Waals surface area contributed by atoms with Crippen molar-refractivity contribution in [3.63, 3.8) is 0 Å². The first-order valence-electron chi connectivity index (χ1n) is 6.21. The minimum absolute atomic E-state index is 0.0174. The van der Waals surface area contributed by atoms with E-state index in [9.17, 15) is 14.4 Å². The number of carboxylic acids is 1. The average molecular weight is 299 g/mol. The molecular formula is C13H17NO5S. The van der Waals surface area contributed by atoms with Crippen molar-refractivity contribution < 1.29 is 24.2 Å². The van der Waals surface area contributed by atoms with Gasteiger partial charge in [-0.2, -0.15) is 11.3 Å². The zero-order chi connectivity index (χ0) is 15.0. The Morgan fingerprint density at radius 2 is 2.20 bits per heavy atom. The number of amides is 1. The molecule has 0 bridgehead atoms. The molecule has 20 heavy (non-hydrogen) atoms. The van der Waals surface area contributed by atoms with Crippen molar-refractivity contribution in [2.24, 2.45) is 0 Å². The Morgan fingerprint density at radius 3 is 2.75 bits per heavy atom. The number of rotatable bonds is 8. The van der Waals surface area contributed by atoms with Gasteiger partial charge in [-0.25, -0.2) is 4.79 Å². The number of carboxylic acid groups (broad SMARTS) is 1. The van der Waals surface area contributed by atoms with Gasteiger partial charge < -0.3 is 15.2 Å². The first kappa shape index (κ1) is 16.2. The molecule has 0 saturated carbocycles. The molecule has 1 aromatic rings. The lowest BCUT2D eigenvalue weighted by Gasteiger charge is -2.13. The fraction of sp³-hybridized carbons (Fsp3) is 0.462. The summed E-state index contributed by atoms with van der Waals surface area (Å²) in [7, 11) is 0. The molecule has 2 N–H and O–H groups in total. The third kappa shape index (κ3) is 5.83. The monoisotopic (exact) mass is 299 g/mol. The maximum Gasteiger partial charge on any atom is 0.326 e. The van der Waals surface area contributed by atoms with Gasteiger partial charge in [-0.1, -0.05) is 0 Å². The zero-order valence-electron chi connectivity index (χ0n) is 11.1. The molecule has 0 aromatic carbocycles. The molecule has 7 heteroatoms. The number of aliphatic carboxylic acids is 1. The zero-order valence-corrected chi connectivity index (χ0v) is 11.9. The van der Waals surface area contributed by atoms with Crippen LogP contribution in [-0.2, 0) is 25.5 Å². The number of carbonyl (C=O) groups is 3. The van der Waals surface area contributed by atoms with Crippen molar-refractivity contribution in [2.45, 2.75) is 32.2 Å². The lowest BCUT2D eigenvalue weighted by molar-refractivity contribution is -0.145. The van der Waals surface area contributed by atoms with Crippen molar-refractivity contribution in [3.8, 4) is 0 Å². The Hall–Kier alpha value is -1.89. The highest BCUT2D eigenvalue weighted by molar-refractivity contribution is 7.07. The molecule has 0 spiro atoms. The van der Waals surface area contributed by atoms with E-state index in [1.807, 2.05) is 10.8 Å². The normalized spacial score (nSPS) is 11.7. The summed E-state index contributed by atoms with van der Waals surface area (Å²) in [5.74, 6) is -2.00. The van der Waals surface area contributed by atoms with Crippen molar-refractivity contribution in [2.75, 3.05) is 6.61 Å². The van der Waals surface area contributed by atoms with Crippen LogP contribution in [0.4, 0.5) is 0 Å². The first-order chi connectivity index (χ1) is 9.52. The lowest BCUT2D eigenvalue weighted by Crippen LogP contribution is -2.41. The number of nitrogens with one attached hydrogen (secondary N) is 1. The maximum absolute atomic E-state index is 11.7. The summed E-state index contributed by atoms with van der Waals surface area (Å²) in [5.41, 5.74) is 0.835. The van der Waals surface area contributed by atoms with Crippen molar-refractivity contribution >= 4 is 29.2 Å². The maximum atomic E-state index is 11.7. The van der Waals surface area contributed by atoms with E-state index in [-0.39, 0.29) is 31.8 Å². The van der Waals surface area contributed by atoms with Gasteiger partial charge >= 0.3 is 11.9 Å². The van der Waals surface area contributed by atoms with Gasteiger partial charge in [0.15, 0.2) is 0 Å². The quantitative estimate of drug-likeness (QED) is 0.704. The smallest absolute Gasteiger partial charge is 0.326 e. The summed E-state index contributed by atoms with van der Waals surface area (Å²) >= 11 is 1.47. The van der Waals surface area contributed by atoms with Crippen LogP contribution < -0.4 is 5.32 Å². The largest absolute Gasteiger partial charge is 0.480 e. The highest BCUT2D eigenvalue weighted by Gasteiger charge is 2.21. The number of hydrogen-bond donors (Lipinski definition) is 2. The molecule has 6 nitrogen and oxygen atoms in total. The summed E-state index contributed by atoms with van der Waals surface area (Å²) < 4.78 is 4.72. The van der Waals surface area contributed by atoms with Gasteiger partial charge in [-0.05, 0) is 35.7 Å². The van der Waals surface area contributed by atoms with Crippen LogP contribution in [-0.4, -0.2) is 35.6 Å². The molecule has 0 aliphatic heterocycles. The fourth-order valence-electron chi connectivity index (χ4n) is 1.58. The average Bonchev–Trinajstić information content (AvgIpc) is 2.87. The number of esters is 1. The second kappa shape index (κ2) is 8.31. The van der Waals surface area contributed by atoms with Gasteiger partial charge in [0.25, 0.3) is 0 Å². The minimum Gasteiger partial charge on any atom is -0.480 e. The van der Waals surface area contributed by atoms with E-state index in [2.05, 4.69) is 5.32 Å². The summed E-state index contributed by atoms with van der Waals surface area (Å²) in [4.78, 5) is 33.9. The van der Waals surface area contributed by atoms with Crippen molar-refractivity contribution in [1.29, 1.82) is 0 Å². The molecule has 110 valence electrons. The Morgan fingerprint density at radius 1 is 1.45 bits per heavy atom. The topological polar surface area (TPSA) is 92.7 Å². The first-order valence-corrected chi connectivity index (χ1v) is 7.16. The van der Waals surface area contributed by atoms with E-state index in [4.69, 9.17) is 9.84 Å². The molecule has 1 rings (SSSR count). The second-order valence-electron chi connectivity index (χ2n) is 4.11. The Balaban J connectivity index is 2.44. The van der Waals surface area contributed by atoms with Crippen molar-refractivity contribution in [1.82, 2.24) is 5.32 Å². The van der Waals surface area contributed by atoms with Gasteiger partial charge in [-0.15, -0.1) is 0 Å². The molecule has 0 unspecified atom stereocenters. The highest BCUT2D eigenvalue weighted by Crippen LogP contribution is 2.07. The SMILES string of the molecule is CCOC(=O)CC[C@H](NC(=O)Cc1ccsc1)C(=O)O. The molecule has 1 aromatic heterocycles. The van der Waals surface area contributed by atoms with E-state index in [0.29, 0.717) is 0 Å². The van der Waals surface area contributed by atoms with Crippen LogP contribution in [0.3, 0.4) is 0 Å². The highest BCUT2D eigenvalue weighted by atomic mass is 32.1. The van der Waals surface area contributed by atoms with Crippen LogP contribution in [0.15, 0.2) is 16.8 Å². The van der Waals surface area contributed by atoms with Crippen LogP contribution in [0.5, 0.6) is 0 Å². The molecule has 0 saturated heterocycles. The number of ether oxygens (including phenoxy) is 1. The predicted molar refractivity (Wildman–Crippen MR) is 73.5 cm³/mol. The van der Waals surface area contributed by atoms with E-state index in [0.717, 1.165) is 5.56 Å². The van der Waals surface area contributed by atoms with Gasteiger partial charge in [0.2, 0.25) is 5.91 Å². The third-order valence-corrected chi connectivity index (χ3v) is 3.25. The van der Waals surface area contributed by atoms with E-state index < -0.39 is 18.0 Å². The second-order valence-corrected chi connectivity index (χ2v) is 4.89. The van der Waals surface area contributed by atoms with Crippen molar-refractivity contribution in [3.05, 3.63) is 22.4 Å². The Labute approximate surface area is 120 Å². The van der Waals surface area contributed by atoms with E-state index >= 15 is 0 Å². The standard InChI is InChI=1S/C13H17NO5S/c1-2-19-12(16)4-3-10(13(17)18)14-11(15)7-9-5-6-20-8-9/h5-6,8,10H,2-4,7H2,1H3,(H,14,15)(H,17,18)/t10-/m0/s1. The van der Waals surface area contributed by atoms with Gasteiger partial charge in [0.1, 0.15) is 6.04 Å². The lowest BCUT2D eigenvalue weighted by atomic mass is 10.1. The molecule has 0 aliphatic rings. The molecule has 1 heterocycles. The number of thiophene rings is 1. The van der Waals surface area contributed by atoms with Crippen LogP contribution >= 0.6 is 11.3 Å². The van der Waals surface area contributed by atoms with E-state index in [1.54, 1.807) is 13.0 Å².